The molecule has 68 valence electrons. The minimum absolute atomic E-state index is 0.375. The van der Waals surface area contributed by atoms with Gasteiger partial charge in [-0.15, -0.1) is 0 Å². The van der Waals surface area contributed by atoms with E-state index in [9.17, 15) is 0 Å². The first-order valence-corrected chi connectivity index (χ1v) is 3.01. The molecule has 0 rings (SSSR count). The van der Waals surface area contributed by atoms with Crippen LogP contribution in [0, 0.1) is 0 Å². The summed E-state index contributed by atoms with van der Waals surface area (Å²) >= 11 is 0. The molecule has 0 aromatic rings. The average molecular weight is 170 g/mol. The van der Waals surface area contributed by atoms with E-state index in [4.69, 9.17) is 5.26 Å². The maximum absolute atomic E-state index is 7.48. The van der Waals surface area contributed by atoms with Crippen LogP contribution < -0.4 is 0 Å². The largest absolute Gasteiger partial charge is 0.219 e. The Bertz CT molecular complexity index is 59.5. The van der Waals surface area contributed by atoms with Gasteiger partial charge in [0.05, 0.1) is 6.61 Å². The van der Waals surface area contributed by atoms with Gasteiger partial charge in [-0.2, -0.15) is 0 Å². The molecule has 0 aliphatic carbocycles. The zero-order chi connectivity index (χ0) is 8.36. The number of hydrogen-bond donors (Lipinski definition) is 1. The number of rotatable bonds is 8. The topological polar surface area (TPSA) is 75.6 Å². The molecule has 0 unspecified atom stereocenters. The molecule has 0 radical (unpaired) electrons. The summed E-state index contributed by atoms with van der Waals surface area (Å²) in [6.07, 6.45) is 1.81. The Labute approximate surface area is 62.9 Å². The minimum Gasteiger partial charge on any atom is -0.219 e. The maximum atomic E-state index is 7.48. The van der Waals surface area contributed by atoms with E-state index >= 15 is 0 Å². The molecule has 7 heteroatoms. The lowest BCUT2D eigenvalue weighted by Gasteiger charge is -1.97. The molecule has 0 aromatic carbocycles. The van der Waals surface area contributed by atoms with Crippen molar-refractivity contribution in [2.45, 2.75) is 19.8 Å². The SMILES string of the molecule is CCCCOOOOOOO. The summed E-state index contributed by atoms with van der Waals surface area (Å²) in [7, 11) is 0. The molecule has 0 saturated carbocycles. The normalized spacial score (nSPS) is 10.4. The lowest BCUT2D eigenvalue weighted by Crippen LogP contribution is -2.00. The van der Waals surface area contributed by atoms with Crippen molar-refractivity contribution >= 4 is 0 Å². The molecule has 0 aliphatic rings. The lowest BCUT2D eigenvalue weighted by atomic mass is 10.4. The molecule has 0 aliphatic heterocycles. The molecule has 0 saturated heterocycles. The van der Waals surface area contributed by atoms with E-state index in [0.29, 0.717) is 6.61 Å². The third-order valence-electron chi connectivity index (χ3n) is 0.743. The smallest absolute Gasteiger partial charge is 0.0854 e. The molecule has 0 fully saturated rings. The fourth-order valence-corrected chi connectivity index (χ4v) is 0.292. The fourth-order valence-electron chi connectivity index (χ4n) is 0.292. The Hall–Kier alpha value is -0.280. The van der Waals surface area contributed by atoms with Crippen molar-refractivity contribution in [1.29, 1.82) is 0 Å². The van der Waals surface area contributed by atoms with Gasteiger partial charge in [0.2, 0.25) is 0 Å². The first-order chi connectivity index (χ1) is 5.41. The van der Waals surface area contributed by atoms with Gasteiger partial charge in [0.15, 0.2) is 0 Å². The van der Waals surface area contributed by atoms with Crippen molar-refractivity contribution in [3.63, 3.8) is 0 Å². The van der Waals surface area contributed by atoms with Crippen LogP contribution >= 0.6 is 0 Å². The Kier molecular flexibility index (Phi) is 9.47. The molecule has 0 amide bonds. The quantitative estimate of drug-likeness (QED) is 0.330. The van der Waals surface area contributed by atoms with Crippen LogP contribution in [0.25, 0.3) is 0 Å². The van der Waals surface area contributed by atoms with Gasteiger partial charge in [0.1, 0.15) is 0 Å². The highest BCUT2D eigenvalue weighted by Gasteiger charge is 1.91. The van der Waals surface area contributed by atoms with Crippen molar-refractivity contribution in [1.82, 2.24) is 0 Å². The summed E-state index contributed by atoms with van der Waals surface area (Å²) in [5.74, 6) is 0. The summed E-state index contributed by atoms with van der Waals surface area (Å²) < 4.78 is 0. The zero-order valence-electron chi connectivity index (χ0n) is 6.02. The first kappa shape index (κ1) is 10.7. The predicted molar refractivity (Wildman–Crippen MR) is 28.9 cm³/mol. The Morgan fingerprint density at radius 3 is 2.45 bits per heavy atom. The summed E-state index contributed by atoms with van der Waals surface area (Å²) in [5.41, 5.74) is 0. The molecule has 0 atom stereocenters. The zero-order valence-corrected chi connectivity index (χ0v) is 6.02. The van der Waals surface area contributed by atoms with Gasteiger partial charge in [0, 0.05) is 0 Å². The van der Waals surface area contributed by atoms with Crippen LogP contribution in [0.2, 0.25) is 0 Å². The fraction of sp³-hybridized carbons (Fsp3) is 1.00. The molecule has 0 spiro atoms. The average Bonchev–Trinajstić information content (AvgIpc) is 2.03. The Morgan fingerprint density at radius 2 is 1.82 bits per heavy atom. The van der Waals surface area contributed by atoms with Crippen LogP contribution in [0.1, 0.15) is 19.8 Å². The van der Waals surface area contributed by atoms with Gasteiger partial charge in [0.25, 0.3) is 0 Å². The van der Waals surface area contributed by atoms with Gasteiger partial charge >= 0.3 is 0 Å². The third kappa shape index (κ3) is 9.72. The van der Waals surface area contributed by atoms with Crippen molar-refractivity contribution < 1.29 is 35.3 Å². The Morgan fingerprint density at radius 1 is 1.09 bits per heavy atom. The molecular weight excluding hydrogens is 160 g/mol. The van der Waals surface area contributed by atoms with E-state index in [1.54, 1.807) is 0 Å². The Balaban J connectivity index is 2.69. The minimum atomic E-state index is 0.375. The van der Waals surface area contributed by atoms with Gasteiger partial charge in [-0.05, 0) is 31.6 Å². The van der Waals surface area contributed by atoms with E-state index in [1.807, 2.05) is 6.92 Å². The van der Waals surface area contributed by atoms with E-state index in [-0.39, 0.29) is 0 Å². The molecule has 0 bridgehead atoms. The summed E-state index contributed by atoms with van der Waals surface area (Å²) in [6, 6.07) is 0. The molecule has 0 aromatic heterocycles. The van der Waals surface area contributed by atoms with Gasteiger partial charge in [-0.1, -0.05) is 13.3 Å². The van der Waals surface area contributed by atoms with E-state index in [2.05, 4.69) is 30.1 Å². The number of unbranched alkanes of at least 4 members (excludes halogenated alkanes) is 1. The number of hydrogen-bond acceptors (Lipinski definition) is 7. The van der Waals surface area contributed by atoms with Crippen LogP contribution in [-0.2, 0) is 30.1 Å². The van der Waals surface area contributed by atoms with Crippen LogP contribution in [0.3, 0.4) is 0 Å². The summed E-state index contributed by atoms with van der Waals surface area (Å²) in [6.45, 7) is 2.36. The second-order valence-electron chi connectivity index (χ2n) is 1.52. The highest BCUT2D eigenvalue weighted by Crippen LogP contribution is 1.90. The van der Waals surface area contributed by atoms with Crippen LogP contribution in [0.5, 0.6) is 0 Å². The van der Waals surface area contributed by atoms with Crippen LogP contribution in [0.4, 0.5) is 0 Å². The molecule has 7 nitrogen and oxygen atoms in total. The van der Waals surface area contributed by atoms with E-state index in [1.165, 1.54) is 0 Å². The molecule has 1 N–H and O–H groups in total. The maximum Gasteiger partial charge on any atom is 0.0854 e. The van der Waals surface area contributed by atoms with Gasteiger partial charge in [-0.25, -0.2) is 10.1 Å². The second-order valence-corrected chi connectivity index (χ2v) is 1.52. The van der Waals surface area contributed by atoms with Gasteiger partial charge < -0.3 is 0 Å². The van der Waals surface area contributed by atoms with Crippen LogP contribution in [-0.4, -0.2) is 11.9 Å². The highest BCUT2D eigenvalue weighted by molar-refractivity contribution is 4.25. The lowest BCUT2D eigenvalue weighted by molar-refractivity contribution is -0.787. The molecular formula is C4H10O7. The van der Waals surface area contributed by atoms with E-state index in [0.717, 1.165) is 12.8 Å². The molecule has 11 heavy (non-hydrogen) atoms. The van der Waals surface area contributed by atoms with Crippen molar-refractivity contribution in [2.24, 2.45) is 0 Å². The van der Waals surface area contributed by atoms with Crippen LogP contribution in [0.15, 0.2) is 0 Å². The monoisotopic (exact) mass is 170 g/mol. The summed E-state index contributed by atoms with van der Waals surface area (Å²) in [4.78, 5) is 4.36. The first-order valence-electron chi connectivity index (χ1n) is 3.01. The van der Waals surface area contributed by atoms with Crippen molar-refractivity contribution in [3.05, 3.63) is 0 Å². The molecule has 0 heterocycles. The van der Waals surface area contributed by atoms with Crippen molar-refractivity contribution in [3.8, 4) is 0 Å². The highest BCUT2D eigenvalue weighted by atomic mass is 17.9. The second kappa shape index (κ2) is 9.72. The van der Waals surface area contributed by atoms with E-state index < -0.39 is 0 Å². The third-order valence-corrected chi connectivity index (χ3v) is 0.743. The standard InChI is InChI=1S/C4H10O7/c1-2-3-4-6-8-10-11-9-7-5/h5H,2-4H2,1H3. The predicted octanol–water partition coefficient (Wildman–Crippen LogP) is 0.934. The summed E-state index contributed by atoms with van der Waals surface area (Å²) in [5, 5.41) is 25.0. The van der Waals surface area contributed by atoms with Crippen molar-refractivity contribution in [2.75, 3.05) is 6.61 Å². The van der Waals surface area contributed by atoms with Gasteiger partial charge in [-0.3, -0.25) is 0 Å².